The molecule has 3 N–H and O–H groups in total. The van der Waals surface area contributed by atoms with Crippen LogP contribution in [0.1, 0.15) is 32.9 Å². The Morgan fingerprint density at radius 3 is 2.35 bits per heavy atom. The molecule has 1 aliphatic heterocycles. The molecule has 0 unspecified atom stereocenters. The topological polar surface area (TPSA) is 97.4 Å². The lowest BCUT2D eigenvalue weighted by atomic mass is 10.2. The Balaban J connectivity index is 1.62. The van der Waals surface area contributed by atoms with Crippen LogP contribution in [0.25, 0.3) is 11.8 Å². The van der Waals surface area contributed by atoms with Gasteiger partial charge in [-0.05, 0) is 61.4 Å². The zero-order valence-electron chi connectivity index (χ0n) is 17.3. The summed E-state index contributed by atoms with van der Waals surface area (Å²) in [4.78, 5) is 37.7. The number of nitrogens with two attached hydrogens (primary N) is 1. The Morgan fingerprint density at radius 2 is 1.71 bits per heavy atom. The average molecular weight is 414 g/mol. The molecule has 4 amide bonds. The van der Waals surface area contributed by atoms with E-state index in [-0.39, 0.29) is 18.1 Å². The minimum atomic E-state index is -0.478. The van der Waals surface area contributed by atoms with E-state index in [2.05, 4.69) is 5.32 Å². The highest BCUT2D eigenvalue weighted by molar-refractivity contribution is 6.14. The number of rotatable bonds is 5. The quantitative estimate of drug-likeness (QED) is 0.495. The fourth-order valence-corrected chi connectivity index (χ4v) is 3.74. The van der Waals surface area contributed by atoms with Gasteiger partial charge in [0, 0.05) is 22.6 Å². The zero-order valence-corrected chi connectivity index (χ0v) is 17.3. The molecule has 7 heteroatoms. The monoisotopic (exact) mass is 414 g/mol. The largest absolute Gasteiger partial charge is 0.366 e. The number of hydrogen-bond acceptors (Lipinski definition) is 3. The molecule has 0 radical (unpaired) electrons. The smallest absolute Gasteiger partial charge is 0.329 e. The molecule has 1 saturated heterocycles. The highest BCUT2D eigenvalue weighted by Crippen LogP contribution is 2.24. The van der Waals surface area contributed by atoms with Gasteiger partial charge in [0.2, 0.25) is 5.91 Å². The number of nitrogens with one attached hydrogen (secondary N) is 1. The van der Waals surface area contributed by atoms with Gasteiger partial charge in [-0.3, -0.25) is 14.5 Å². The van der Waals surface area contributed by atoms with E-state index in [4.69, 9.17) is 5.73 Å². The summed E-state index contributed by atoms with van der Waals surface area (Å²) in [5.74, 6) is -0.835. The Hall–Kier alpha value is -4.13. The van der Waals surface area contributed by atoms with Crippen LogP contribution in [0.5, 0.6) is 0 Å². The summed E-state index contributed by atoms with van der Waals surface area (Å²) in [6.45, 7) is 4.10. The second-order valence-corrected chi connectivity index (χ2v) is 7.44. The first-order chi connectivity index (χ1) is 14.8. The van der Waals surface area contributed by atoms with Crippen LogP contribution in [0.4, 0.5) is 4.79 Å². The number of urea groups is 1. The third-order valence-electron chi connectivity index (χ3n) is 5.33. The van der Waals surface area contributed by atoms with Crippen LogP contribution >= 0.6 is 0 Å². The molecule has 1 aromatic heterocycles. The molecule has 4 rings (SSSR count). The van der Waals surface area contributed by atoms with Crippen LogP contribution < -0.4 is 11.1 Å². The molecule has 0 aliphatic carbocycles. The number of hydrogen-bond donors (Lipinski definition) is 2. The summed E-state index contributed by atoms with van der Waals surface area (Å²) in [6, 6.07) is 17.9. The maximum Gasteiger partial charge on any atom is 0.329 e. The molecular weight excluding hydrogens is 392 g/mol. The minimum Gasteiger partial charge on any atom is -0.366 e. The fourth-order valence-electron chi connectivity index (χ4n) is 3.74. The SMILES string of the molecule is Cc1cc(/C=C2/NC(=O)N(Cc3ccccc3)C2=O)c(C)n1-c1ccc(C(N)=O)cc1. The molecule has 3 aromatic rings. The lowest BCUT2D eigenvalue weighted by Gasteiger charge is -2.11. The molecule has 2 aromatic carbocycles. The predicted molar refractivity (Wildman–Crippen MR) is 117 cm³/mol. The van der Waals surface area contributed by atoms with Gasteiger partial charge in [0.1, 0.15) is 5.70 Å². The van der Waals surface area contributed by atoms with E-state index in [0.29, 0.717) is 5.56 Å². The lowest BCUT2D eigenvalue weighted by molar-refractivity contribution is -0.123. The van der Waals surface area contributed by atoms with Crippen LogP contribution in [-0.2, 0) is 11.3 Å². The van der Waals surface area contributed by atoms with Crippen LogP contribution in [0.2, 0.25) is 0 Å². The van der Waals surface area contributed by atoms with Gasteiger partial charge in [-0.2, -0.15) is 0 Å². The van der Waals surface area contributed by atoms with Gasteiger partial charge in [0.25, 0.3) is 5.91 Å². The first kappa shape index (κ1) is 20.2. The Bertz CT molecular complexity index is 1210. The second kappa shape index (κ2) is 7.95. The molecule has 1 aliphatic rings. The van der Waals surface area contributed by atoms with Crippen molar-refractivity contribution in [2.75, 3.05) is 0 Å². The van der Waals surface area contributed by atoms with E-state index in [1.807, 2.05) is 66.9 Å². The summed E-state index contributed by atoms with van der Waals surface area (Å²) in [5, 5.41) is 2.68. The summed E-state index contributed by atoms with van der Waals surface area (Å²) in [5.41, 5.74) is 10.4. The van der Waals surface area contributed by atoms with Crippen LogP contribution in [-0.4, -0.2) is 27.3 Å². The fraction of sp³-hybridized carbons (Fsp3) is 0.125. The van der Waals surface area contributed by atoms with E-state index in [1.54, 1.807) is 18.2 Å². The molecule has 0 bridgehead atoms. The number of aryl methyl sites for hydroxylation is 1. The standard InChI is InChI=1S/C24H22N4O3/c1-15-12-19(16(2)28(15)20-10-8-18(9-11-20)22(25)29)13-21-23(30)27(24(31)26-21)14-17-6-4-3-5-7-17/h3-13H,14H2,1-2H3,(H2,25,29)(H,26,31)/b21-13+. The number of nitrogens with zero attached hydrogens (tertiary/aromatic N) is 2. The third kappa shape index (κ3) is 3.85. The molecule has 2 heterocycles. The molecule has 1 fully saturated rings. The lowest BCUT2D eigenvalue weighted by Crippen LogP contribution is -2.30. The predicted octanol–water partition coefficient (Wildman–Crippen LogP) is 3.29. The number of carbonyl (C=O) groups excluding carboxylic acids is 3. The second-order valence-electron chi connectivity index (χ2n) is 7.44. The van der Waals surface area contributed by atoms with Crippen molar-refractivity contribution >= 4 is 23.9 Å². The van der Waals surface area contributed by atoms with E-state index in [0.717, 1.165) is 28.2 Å². The van der Waals surface area contributed by atoms with Crippen molar-refractivity contribution in [3.05, 3.63) is 94.4 Å². The molecule has 0 saturated carbocycles. The summed E-state index contributed by atoms with van der Waals surface area (Å²) >= 11 is 0. The number of carbonyl (C=O) groups is 3. The van der Waals surface area contributed by atoms with E-state index < -0.39 is 11.9 Å². The maximum atomic E-state index is 12.8. The van der Waals surface area contributed by atoms with Gasteiger partial charge in [0.05, 0.1) is 6.54 Å². The molecule has 0 spiro atoms. The van der Waals surface area contributed by atoms with Crippen molar-refractivity contribution in [3.63, 3.8) is 0 Å². The van der Waals surface area contributed by atoms with E-state index in [9.17, 15) is 14.4 Å². The van der Waals surface area contributed by atoms with Gasteiger partial charge >= 0.3 is 6.03 Å². The first-order valence-corrected chi connectivity index (χ1v) is 9.83. The Labute approximate surface area is 179 Å². The molecule has 156 valence electrons. The molecule has 31 heavy (non-hydrogen) atoms. The van der Waals surface area contributed by atoms with E-state index >= 15 is 0 Å². The third-order valence-corrected chi connectivity index (χ3v) is 5.33. The maximum absolute atomic E-state index is 12.8. The molecule has 7 nitrogen and oxygen atoms in total. The van der Waals surface area contributed by atoms with Gasteiger partial charge in [-0.25, -0.2) is 4.79 Å². The first-order valence-electron chi connectivity index (χ1n) is 9.83. The van der Waals surface area contributed by atoms with Gasteiger partial charge < -0.3 is 15.6 Å². The number of amides is 4. The van der Waals surface area contributed by atoms with Crippen molar-refractivity contribution in [1.82, 2.24) is 14.8 Å². The van der Waals surface area contributed by atoms with Gasteiger partial charge in [-0.1, -0.05) is 30.3 Å². The number of primary amides is 1. The highest BCUT2D eigenvalue weighted by atomic mass is 16.2. The normalized spacial score (nSPS) is 14.9. The van der Waals surface area contributed by atoms with Crippen molar-refractivity contribution in [3.8, 4) is 5.69 Å². The summed E-state index contributed by atoms with van der Waals surface area (Å²) < 4.78 is 2.01. The van der Waals surface area contributed by atoms with Crippen molar-refractivity contribution in [2.45, 2.75) is 20.4 Å². The number of aromatic nitrogens is 1. The van der Waals surface area contributed by atoms with Crippen molar-refractivity contribution in [1.29, 1.82) is 0 Å². The number of imide groups is 1. The summed E-state index contributed by atoms with van der Waals surface area (Å²) in [6.07, 6.45) is 1.70. The van der Waals surface area contributed by atoms with Crippen LogP contribution in [0, 0.1) is 13.8 Å². The number of benzene rings is 2. The highest BCUT2D eigenvalue weighted by Gasteiger charge is 2.33. The zero-order chi connectivity index (χ0) is 22.1. The molecular formula is C24H22N4O3. The van der Waals surface area contributed by atoms with Crippen LogP contribution in [0.15, 0.2) is 66.4 Å². The summed E-state index contributed by atoms with van der Waals surface area (Å²) in [7, 11) is 0. The Morgan fingerprint density at radius 1 is 1.03 bits per heavy atom. The average Bonchev–Trinajstić information content (AvgIpc) is 3.18. The Kier molecular flexibility index (Phi) is 5.17. The van der Waals surface area contributed by atoms with Gasteiger partial charge in [-0.15, -0.1) is 0 Å². The van der Waals surface area contributed by atoms with Crippen molar-refractivity contribution < 1.29 is 14.4 Å². The van der Waals surface area contributed by atoms with Crippen LogP contribution in [0.3, 0.4) is 0 Å². The van der Waals surface area contributed by atoms with E-state index in [1.165, 1.54) is 4.90 Å². The van der Waals surface area contributed by atoms with Gasteiger partial charge in [0.15, 0.2) is 0 Å². The minimum absolute atomic E-state index is 0.216. The molecule has 0 atom stereocenters. The van der Waals surface area contributed by atoms with Crippen molar-refractivity contribution in [2.24, 2.45) is 5.73 Å².